The van der Waals surface area contributed by atoms with Crippen LogP contribution in [0.2, 0.25) is 0 Å². The van der Waals surface area contributed by atoms with Crippen LogP contribution in [0.5, 0.6) is 0 Å². The lowest BCUT2D eigenvalue weighted by molar-refractivity contribution is -0.143. The predicted octanol–water partition coefficient (Wildman–Crippen LogP) is 2.62. The Morgan fingerprint density at radius 1 is 1.32 bits per heavy atom. The Bertz CT molecular complexity index is 622. The maximum absolute atomic E-state index is 12.3. The number of carbonyl (C=O) groups excluding carboxylic acids is 2. The summed E-state index contributed by atoms with van der Waals surface area (Å²) in [5.41, 5.74) is 1.34. The van der Waals surface area contributed by atoms with Gasteiger partial charge in [-0.15, -0.1) is 0 Å². The molecule has 0 radical (unpaired) electrons. The van der Waals surface area contributed by atoms with Crippen molar-refractivity contribution in [2.75, 3.05) is 7.11 Å². The van der Waals surface area contributed by atoms with Crippen molar-refractivity contribution in [1.82, 2.24) is 4.98 Å². The standard InChI is InChI=1S/C15H15NO3/c1-3-12(15(18)19-2)14(17)11-6-7-13-10(9-11)5-4-8-16-13/h4-9,12H,3H2,1-2H3. The summed E-state index contributed by atoms with van der Waals surface area (Å²) in [5, 5.41) is 0.882. The van der Waals surface area contributed by atoms with E-state index in [-0.39, 0.29) is 5.78 Å². The molecule has 0 saturated heterocycles. The van der Waals surface area contributed by atoms with E-state index in [0.29, 0.717) is 12.0 Å². The van der Waals surface area contributed by atoms with Crippen LogP contribution < -0.4 is 0 Å². The van der Waals surface area contributed by atoms with Crippen molar-refractivity contribution in [2.45, 2.75) is 13.3 Å². The molecule has 0 aliphatic rings. The zero-order chi connectivity index (χ0) is 13.8. The molecule has 0 bridgehead atoms. The molecule has 19 heavy (non-hydrogen) atoms. The van der Waals surface area contributed by atoms with Gasteiger partial charge in [0.2, 0.25) is 0 Å². The number of hydrogen-bond donors (Lipinski definition) is 0. The monoisotopic (exact) mass is 257 g/mol. The maximum atomic E-state index is 12.3. The number of pyridine rings is 1. The average molecular weight is 257 g/mol. The minimum absolute atomic E-state index is 0.208. The van der Waals surface area contributed by atoms with Crippen LogP contribution in [0, 0.1) is 5.92 Å². The van der Waals surface area contributed by atoms with Gasteiger partial charge in [-0.1, -0.05) is 13.0 Å². The van der Waals surface area contributed by atoms with Gasteiger partial charge in [0.05, 0.1) is 12.6 Å². The molecule has 0 aliphatic heterocycles. The van der Waals surface area contributed by atoms with E-state index in [1.807, 2.05) is 12.1 Å². The Hall–Kier alpha value is -2.23. The van der Waals surface area contributed by atoms with Crippen LogP contribution in [0.3, 0.4) is 0 Å². The fourth-order valence-corrected chi connectivity index (χ4v) is 2.03. The number of methoxy groups -OCH3 is 1. The fraction of sp³-hybridized carbons (Fsp3) is 0.267. The summed E-state index contributed by atoms with van der Waals surface area (Å²) in [6.07, 6.45) is 2.13. The third-order valence-electron chi connectivity index (χ3n) is 3.10. The lowest BCUT2D eigenvalue weighted by Crippen LogP contribution is -2.24. The highest BCUT2D eigenvalue weighted by atomic mass is 16.5. The number of ketones is 1. The normalized spacial score (nSPS) is 12.1. The number of esters is 1. The first-order chi connectivity index (χ1) is 9.17. The number of Topliss-reactive ketones (excluding diaryl/α,β-unsaturated/α-hetero) is 1. The maximum Gasteiger partial charge on any atom is 0.316 e. The van der Waals surface area contributed by atoms with E-state index >= 15 is 0 Å². The Kier molecular flexibility index (Phi) is 3.90. The van der Waals surface area contributed by atoms with Crippen LogP contribution in [0.1, 0.15) is 23.7 Å². The van der Waals surface area contributed by atoms with E-state index in [0.717, 1.165) is 10.9 Å². The van der Waals surface area contributed by atoms with Crippen LogP contribution in [0.25, 0.3) is 10.9 Å². The Balaban J connectivity index is 2.37. The summed E-state index contributed by atoms with van der Waals surface area (Å²) in [5.74, 6) is -1.43. The van der Waals surface area contributed by atoms with Gasteiger partial charge in [0.25, 0.3) is 0 Å². The first-order valence-electron chi connectivity index (χ1n) is 6.14. The number of rotatable bonds is 4. The van der Waals surface area contributed by atoms with E-state index in [4.69, 9.17) is 0 Å². The topological polar surface area (TPSA) is 56.3 Å². The summed E-state index contributed by atoms with van der Waals surface area (Å²) in [7, 11) is 1.29. The smallest absolute Gasteiger partial charge is 0.316 e. The zero-order valence-electron chi connectivity index (χ0n) is 10.9. The Labute approximate surface area is 111 Å². The minimum atomic E-state index is -0.737. The molecule has 4 heteroatoms. The molecular formula is C15H15NO3. The van der Waals surface area contributed by atoms with Crippen molar-refractivity contribution in [3.8, 4) is 0 Å². The zero-order valence-corrected chi connectivity index (χ0v) is 10.9. The number of benzene rings is 1. The Morgan fingerprint density at radius 2 is 2.11 bits per heavy atom. The van der Waals surface area contributed by atoms with Gasteiger partial charge in [0.15, 0.2) is 5.78 Å². The number of aromatic nitrogens is 1. The fourth-order valence-electron chi connectivity index (χ4n) is 2.03. The highest BCUT2D eigenvalue weighted by molar-refractivity contribution is 6.09. The quantitative estimate of drug-likeness (QED) is 0.480. The SMILES string of the molecule is CCC(C(=O)OC)C(=O)c1ccc2ncccc2c1. The van der Waals surface area contributed by atoms with Crippen molar-refractivity contribution < 1.29 is 14.3 Å². The van der Waals surface area contributed by atoms with Gasteiger partial charge in [-0.05, 0) is 30.7 Å². The molecule has 98 valence electrons. The molecule has 2 rings (SSSR count). The third-order valence-corrected chi connectivity index (χ3v) is 3.10. The van der Waals surface area contributed by atoms with Crippen molar-refractivity contribution in [3.63, 3.8) is 0 Å². The van der Waals surface area contributed by atoms with E-state index in [9.17, 15) is 9.59 Å². The number of fused-ring (bicyclic) bond motifs is 1. The summed E-state index contributed by atoms with van der Waals surface area (Å²) >= 11 is 0. The average Bonchev–Trinajstić information content (AvgIpc) is 2.47. The van der Waals surface area contributed by atoms with Crippen LogP contribution in [-0.2, 0) is 9.53 Å². The van der Waals surface area contributed by atoms with Crippen molar-refractivity contribution in [1.29, 1.82) is 0 Å². The van der Waals surface area contributed by atoms with Gasteiger partial charge in [0.1, 0.15) is 5.92 Å². The lowest BCUT2D eigenvalue weighted by Gasteiger charge is -2.11. The third kappa shape index (κ3) is 2.62. The second kappa shape index (κ2) is 5.61. The van der Waals surface area contributed by atoms with Crippen LogP contribution >= 0.6 is 0 Å². The molecule has 0 spiro atoms. The first-order valence-corrected chi connectivity index (χ1v) is 6.14. The molecule has 0 amide bonds. The number of carbonyl (C=O) groups is 2. The number of hydrogen-bond acceptors (Lipinski definition) is 4. The van der Waals surface area contributed by atoms with Crippen molar-refractivity contribution >= 4 is 22.7 Å². The number of ether oxygens (including phenoxy) is 1. The van der Waals surface area contributed by atoms with Crippen LogP contribution in [-0.4, -0.2) is 23.8 Å². The van der Waals surface area contributed by atoms with Gasteiger partial charge >= 0.3 is 5.97 Å². The minimum Gasteiger partial charge on any atom is -0.468 e. The second-order valence-corrected chi connectivity index (χ2v) is 4.26. The van der Waals surface area contributed by atoms with Gasteiger partial charge in [-0.25, -0.2) is 0 Å². The molecule has 0 aliphatic carbocycles. The molecule has 2 aromatic rings. The van der Waals surface area contributed by atoms with Gasteiger partial charge < -0.3 is 4.74 Å². The first kappa shape index (κ1) is 13.2. The van der Waals surface area contributed by atoms with Gasteiger partial charge in [-0.3, -0.25) is 14.6 Å². The summed E-state index contributed by atoms with van der Waals surface area (Å²) in [6, 6.07) is 8.94. The molecule has 1 heterocycles. The van der Waals surface area contributed by atoms with Crippen LogP contribution in [0.15, 0.2) is 36.5 Å². The molecule has 0 fully saturated rings. The number of nitrogens with zero attached hydrogens (tertiary/aromatic N) is 1. The highest BCUT2D eigenvalue weighted by Gasteiger charge is 2.26. The molecular weight excluding hydrogens is 242 g/mol. The molecule has 1 aromatic heterocycles. The van der Waals surface area contributed by atoms with E-state index in [1.165, 1.54) is 7.11 Å². The molecule has 0 saturated carbocycles. The predicted molar refractivity (Wildman–Crippen MR) is 71.9 cm³/mol. The largest absolute Gasteiger partial charge is 0.468 e. The Morgan fingerprint density at radius 3 is 2.79 bits per heavy atom. The summed E-state index contributed by atoms with van der Waals surface area (Å²) < 4.78 is 4.66. The molecule has 1 aromatic carbocycles. The summed E-state index contributed by atoms with van der Waals surface area (Å²) in [6.45, 7) is 1.79. The second-order valence-electron chi connectivity index (χ2n) is 4.26. The lowest BCUT2D eigenvalue weighted by atomic mass is 9.94. The van der Waals surface area contributed by atoms with Gasteiger partial charge in [0, 0.05) is 17.1 Å². The van der Waals surface area contributed by atoms with E-state index < -0.39 is 11.9 Å². The van der Waals surface area contributed by atoms with Crippen molar-refractivity contribution in [3.05, 3.63) is 42.1 Å². The highest BCUT2D eigenvalue weighted by Crippen LogP contribution is 2.18. The van der Waals surface area contributed by atoms with E-state index in [1.54, 1.807) is 31.3 Å². The molecule has 1 atom stereocenters. The van der Waals surface area contributed by atoms with Crippen molar-refractivity contribution in [2.24, 2.45) is 5.92 Å². The van der Waals surface area contributed by atoms with Gasteiger partial charge in [-0.2, -0.15) is 0 Å². The van der Waals surface area contributed by atoms with E-state index in [2.05, 4.69) is 9.72 Å². The molecule has 1 unspecified atom stereocenters. The molecule has 0 N–H and O–H groups in total. The van der Waals surface area contributed by atoms with Crippen LogP contribution in [0.4, 0.5) is 0 Å². The molecule has 4 nitrogen and oxygen atoms in total. The summed E-state index contributed by atoms with van der Waals surface area (Å²) in [4.78, 5) is 28.1.